The van der Waals surface area contributed by atoms with Crippen LogP contribution in [0.5, 0.6) is 0 Å². The van der Waals surface area contributed by atoms with Crippen molar-refractivity contribution in [1.82, 2.24) is 9.88 Å². The molecule has 0 N–H and O–H groups in total. The summed E-state index contributed by atoms with van der Waals surface area (Å²) in [5, 5.41) is 0.809. The van der Waals surface area contributed by atoms with Crippen molar-refractivity contribution in [3.8, 4) is 0 Å². The van der Waals surface area contributed by atoms with Crippen LogP contribution in [0.15, 0.2) is 66.4 Å². The molecule has 0 spiro atoms. The lowest BCUT2D eigenvalue weighted by atomic mass is 9.84. The molecule has 2 heterocycles. The first-order chi connectivity index (χ1) is 18.4. The SMILES string of the molecule is COC(=O)C(C)(C)c1ccc(CCCN2CCC(=C3c4ccc(Cl)cc4CCc4cccnc43)CC2)cc1. The van der Waals surface area contributed by atoms with Gasteiger partial charge in [0.2, 0.25) is 0 Å². The van der Waals surface area contributed by atoms with Crippen LogP contribution in [0.25, 0.3) is 5.57 Å². The van der Waals surface area contributed by atoms with Crippen molar-refractivity contribution in [1.29, 1.82) is 0 Å². The summed E-state index contributed by atoms with van der Waals surface area (Å²) < 4.78 is 4.97. The number of aryl methyl sites for hydroxylation is 3. The van der Waals surface area contributed by atoms with E-state index in [1.807, 2.05) is 26.1 Å². The number of pyridine rings is 1. The van der Waals surface area contributed by atoms with Gasteiger partial charge in [-0.25, -0.2) is 0 Å². The quantitative estimate of drug-likeness (QED) is 0.329. The predicted molar refractivity (Wildman–Crippen MR) is 155 cm³/mol. The Bertz CT molecular complexity index is 1330. The Morgan fingerprint density at radius 3 is 2.47 bits per heavy atom. The van der Waals surface area contributed by atoms with Gasteiger partial charge >= 0.3 is 5.97 Å². The number of carbonyl (C=O) groups excluding carboxylic acids is 1. The molecule has 0 bridgehead atoms. The fourth-order valence-corrected chi connectivity index (χ4v) is 6.09. The van der Waals surface area contributed by atoms with Crippen molar-refractivity contribution >= 4 is 23.1 Å². The number of ether oxygens (including phenoxy) is 1. The number of esters is 1. The zero-order valence-corrected chi connectivity index (χ0v) is 23.5. The number of nitrogens with zero attached hydrogens (tertiary/aromatic N) is 2. The molecule has 198 valence electrons. The molecular formula is C33H37ClN2O2. The van der Waals surface area contributed by atoms with Gasteiger partial charge in [0.05, 0.1) is 18.2 Å². The van der Waals surface area contributed by atoms with E-state index < -0.39 is 5.41 Å². The Labute approximate surface area is 231 Å². The summed E-state index contributed by atoms with van der Waals surface area (Å²) in [4.78, 5) is 19.6. The van der Waals surface area contributed by atoms with Crippen molar-refractivity contribution in [3.63, 3.8) is 0 Å². The number of rotatable bonds is 6. The van der Waals surface area contributed by atoms with Gasteiger partial charge < -0.3 is 9.64 Å². The van der Waals surface area contributed by atoms with E-state index in [4.69, 9.17) is 21.3 Å². The third-order valence-corrected chi connectivity index (χ3v) is 8.49. The number of hydrogen-bond acceptors (Lipinski definition) is 4. The Balaban J connectivity index is 1.23. The van der Waals surface area contributed by atoms with Gasteiger partial charge in [-0.15, -0.1) is 0 Å². The molecule has 0 radical (unpaired) electrons. The highest BCUT2D eigenvalue weighted by Gasteiger charge is 2.30. The van der Waals surface area contributed by atoms with Crippen LogP contribution in [-0.2, 0) is 34.2 Å². The zero-order valence-electron chi connectivity index (χ0n) is 22.7. The van der Waals surface area contributed by atoms with Gasteiger partial charge in [0, 0.05) is 29.9 Å². The highest BCUT2D eigenvalue weighted by Crippen LogP contribution is 2.38. The van der Waals surface area contributed by atoms with Crippen molar-refractivity contribution in [2.24, 2.45) is 0 Å². The van der Waals surface area contributed by atoms with E-state index in [0.29, 0.717) is 0 Å². The number of benzene rings is 2. The lowest BCUT2D eigenvalue weighted by molar-refractivity contribution is -0.146. The number of aromatic nitrogens is 1. The Morgan fingerprint density at radius 1 is 1.00 bits per heavy atom. The van der Waals surface area contributed by atoms with E-state index >= 15 is 0 Å². The minimum absolute atomic E-state index is 0.208. The molecule has 0 atom stereocenters. The monoisotopic (exact) mass is 528 g/mol. The Morgan fingerprint density at radius 2 is 1.74 bits per heavy atom. The van der Waals surface area contributed by atoms with Gasteiger partial charge in [-0.1, -0.05) is 53.6 Å². The van der Waals surface area contributed by atoms with Crippen LogP contribution < -0.4 is 0 Å². The molecule has 0 amide bonds. The van der Waals surface area contributed by atoms with Gasteiger partial charge in [0.25, 0.3) is 0 Å². The first kappa shape index (κ1) is 26.6. The summed E-state index contributed by atoms with van der Waals surface area (Å²) in [6.07, 6.45) is 8.24. The highest BCUT2D eigenvalue weighted by atomic mass is 35.5. The maximum atomic E-state index is 12.1. The smallest absolute Gasteiger partial charge is 0.315 e. The van der Waals surface area contributed by atoms with E-state index in [1.54, 1.807) is 0 Å². The number of halogens is 1. The molecule has 1 aromatic heterocycles. The summed E-state index contributed by atoms with van der Waals surface area (Å²) in [5.74, 6) is -0.208. The fraction of sp³-hybridized carbons (Fsp3) is 0.394. The number of hydrogen-bond donors (Lipinski definition) is 0. The molecule has 3 aromatic rings. The lowest BCUT2D eigenvalue weighted by Crippen LogP contribution is -2.32. The second-order valence-electron chi connectivity index (χ2n) is 11.0. The first-order valence-corrected chi connectivity index (χ1v) is 14.1. The largest absolute Gasteiger partial charge is 0.468 e. The van der Waals surface area contributed by atoms with Crippen LogP contribution in [0.3, 0.4) is 0 Å². The molecule has 2 aliphatic rings. The van der Waals surface area contributed by atoms with E-state index in [0.717, 1.165) is 74.4 Å². The van der Waals surface area contributed by atoms with Crippen molar-refractivity contribution in [2.75, 3.05) is 26.7 Å². The molecule has 0 saturated carbocycles. The van der Waals surface area contributed by atoms with Crippen LogP contribution in [-0.4, -0.2) is 42.6 Å². The third kappa shape index (κ3) is 5.57. The Kier molecular flexibility index (Phi) is 8.01. The summed E-state index contributed by atoms with van der Waals surface area (Å²) >= 11 is 6.38. The molecule has 1 aliphatic heterocycles. The van der Waals surface area contributed by atoms with Gasteiger partial charge in [-0.3, -0.25) is 9.78 Å². The van der Waals surface area contributed by atoms with Crippen molar-refractivity contribution in [3.05, 3.63) is 105 Å². The van der Waals surface area contributed by atoms with E-state index in [-0.39, 0.29) is 5.97 Å². The molecule has 1 fully saturated rings. The average Bonchev–Trinajstić information content (AvgIpc) is 3.10. The molecule has 4 nitrogen and oxygen atoms in total. The fourth-order valence-electron chi connectivity index (χ4n) is 5.90. The van der Waals surface area contributed by atoms with Gasteiger partial charge in [0.15, 0.2) is 0 Å². The minimum Gasteiger partial charge on any atom is -0.468 e. The maximum absolute atomic E-state index is 12.1. The second-order valence-corrected chi connectivity index (χ2v) is 11.5. The number of carbonyl (C=O) groups is 1. The summed E-state index contributed by atoms with van der Waals surface area (Å²) in [6, 6.07) is 19.1. The van der Waals surface area contributed by atoms with Crippen LogP contribution >= 0.6 is 11.6 Å². The number of methoxy groups -OCH3 is 1. The van der Waals surface area contributed by atoms with Crippen LogP contribution in [0.1, 0.15) is 66.6 Å². The van der Waals surface area contributed by atoms with Gasteiger partial charge in [-0.2, -0.15) is 0 Å². The lowest BCUT2D eigenvalue weighted by Gasteiger charge is -2.30. The number of fused-ring (bicyclic) bond motifs is 2. The van der Waals surface area contributed by atoms with E-state index in [9.17, 15) is 4.79 Å². The van der Waals surface area contributed by atoms with Gasteiger partial charge in [-0.05, 0) is 105 Å². The minimum atomic E-state index is -0.631. The molecule has 38 heavy (non-hydrogen) atoms. The number of piperidine rings is 1. The highest BCUT2D eigenvalue weighted by molar-refractivity contribution is 6.30. The Hall–Kier alpha value is -2.95. The topological polar surface area (TPSA) is 42.4 Å². The van der Waals surface area contributed by atoms with E-state index in [1.165, 1.54) is 40.5 Å². The number of likely N-dealkylation sites (tertiary alicyclic amines) is 1. The predicted octanol–water partition coefficient (Wildman–Crippen LogP) is 6.81. The summed E-state index contributed by atoms with van der Waals surface area (Å²) in [6.45, 7) is 7.07. The third-order valence-electron chi connectivity index (χ3n) is 8.25. The molecular weight excluding hydrogens is 492 g/mol. The van der Waals surface area contributed by atoms with Crippen LogP contribution in [0.4, 0.5) is 0 Å². The standard InChI is InChI=1S/C33H37ClN2O2/c1-33(2,32(37)38-3)27-12-8-23(9-13-27)6-5-19-36-20-16-24(17-21-36)30-29-15-14-28(34)22-26(29)11-10-25-7-4-18-35-31(25)30/h4,7-9,12-15,18,22H,5-6,10-11,16-17,19-21H2,1-3H3. The van der Waals surface area contributed by atoms with E-state index in [2.05, 4.69) is 53.4 Å². The normalized spacial score (nSPS) is 16.0. The molecule has 5 rings (SSSR count). The molecule has 5 heteroatoms. The molecule has 0 unspecified atom stereocenters. The van der Waals surface area contributed by atoms with Crippen LogP contribution in [0, 0.1) is 0 Å². The maximum Gasteiger partial charge on any atom is 0.315 e. The molecule has 1 aliphatic carbocycles. The van der Waals surface area contributed by atoms with Crippen molar-refractivity contribution in [2.45, 2.75) is 57.8 Å². The van der Waals surface area contributed by atoms with Crippen LogP contribution in [0.2, 0.25) is 5.02 Å². The summed E-state index contributed by atoms with van der Waals surface area (Å²) in [7, 11) is 1.44. The van der Waals surface area contributed by atoms with Crippen molar-refractivity contribution < 1.29 is 9.53 Å². The first-order valence-electron chi connectivity index (χ1n) is 13.7. The molecule has 1 saturated heterocycles. The summed E-state index contributed by atoms with van der Waals surface area (Å²) in [5.41, 5.74) is 9.69. The van der Waals surface area contributed by atoms with Gasteiger partial charge in [0.1, 0.15) is 0 Å². The average molecular weight is 529 g/mol. The molecule has 2 aromatic carbocycles. The zero-order chi connectivity index (χ0) is 26.7. The second kappa shape index (κ2) is 11.4.